The van der Waals surface area contributed by atoms with E-state index in [1.807, 2.05) is 6.92 Å². The molecule has 0 unspecified atom stereocenters. The molecule has 0 fully saturated rings. The second kappa shape index (κ2) is 4.58. The third-order valence-electron chi connectivity index (χ3n) is 1.90. The van der Waals surface area contributed by atoms with Gasteiger partial charge < -0.3 is 15.2 Å². The second-order valence-corrected chi connectivity index (χ2v) is 3.15. The Labute approximate surface area is 92.1 Å². The van der Waals surface area contributed by atoms with Gasteiger partial charge in [0.05, 0.1) is 12.7 Å². The number of rotatable bonds is 4. The van der Waals surface area contributed by atoms with Gasteiger partial charge in [-0.25, -0.2) is 20.8 Å². The molecule has 0 bridgehead atoms. The molecule has 2 aromatic rings. The largest absolute Gasteiger partial charge is 0.444 e. The Morgan fingerprint density at radius 3 is 2.81 bits per heavy atom. The van der Waals surface area contributed by atoms with Gasteiger partial charge in [0.15, 0.2) is 0 Å². The number of nitrogen functional groups attached to an aromatic ring is 1. The Bertz CT molecular complexity index is 469. The summed E-state index contributed by atoms with van der Waals surface area (Å²) >= 11 is 0. The van der Waals surface area contributed by atoms with Gasteiger partial charge >= 0.3 is 0 Å². The first-order valence-electron chi connectivity index (χ1n) is 4.72. The molecule has 4 N–H and O–H groups in total. The fourth-order valence-corrected chi connectivity index (χ4v) is 1.18. The summed E-state index contributed by atoms with van der Waals surface area (Å²) in [7, 11) is 0. The Morgan fingerprint density at radius 2 is 2.12 bits per heavy atom. The number of hydrogen-bond acceptors (Lipinski definition) is 7. The molecular formula is C9H12N6O. The van der Waals surface area contributed by atoms with Crippen LogP contribution in [0.2, 0.25) is 0 Å². The zero-order valence-electron chi connectivity index (χ0n) is 8.77. The molecule has 0 atom stereocenters. The highest BCUT2D eigenvalue weighted by atomic mass is 16.4. The van der Waals surface area contributed by atoms with E-state index in [2.05, 4.69) is 25.7 Å². The van der Waals surface area contributed by atoms with Crippen molar-refractivity contribution in [3.8, 4) is 0 Å². The average molecular weight is 220 g/mol. The van der Waals surface area contributed by atoms with Crippen LogP contribution in [0.1, 0.15) is 11.7 Å². The molecule has 2 aromatic heterocycles. The Balaban J connectivity index is 1.99. The van der Waals surface area contributed by atoms with Crippen molar-refractivity contribution in [2.45, 2.75) is 13.5 Å². The van der Waals surface area contributed by atoms with Crippen LogP contribution in [0.3, 0.4) is 0 Å². The van der Waals surface area contributed by atoms with Gasteiger partial charge in [-0.15, -0.1) is 0 Å². The molecule has 84 valence electrons. The van der Waals surface area contributed by atoms with Crippen LogP contribution >= 0.6 is 0 Å². The van der Waals surface area contributed by atoms with Crippen LogP contribution in [0.4, 0.5) is 11.6 Å². The molecular weight excluding hydrogens is 208 g/mol. The maximum Gasteiger partial charge on any atom is 0.213 e. The number of anilines is 2. The summed E-state index contributed by atoms with van der Waals surface area (Å²) in [6.07, 6.45) is 3.09. The number of aryl methyl sites for hydroxylation is 1. The smallest absolute Gasteiger partial charge is 0.213 e. The van der Waals surface area contributed by atoms with E-state index in [0.717, 1.165) is 5.76 Å². The zero-order chi connectivity index (χ0) is 11.4. The quantitative estimate of drug-likeness (QED) is 0.514. The maximum atomic E-state index is 5.30. The van der Waals surface area contributed by atoms with Crippen molar-refractivity contribution in [2.24, 2.45) is 5.84 Å². The number of aromatic nitrogens is 3. The van der Waals surface area contributed by atoms with Crippen molar-refractivity contribution in [1.82, 2.24) is 15.0 Å². The van der Waals surface area contributed by atoms with E-state index in [4.69, 9.17) is 10.3 Å². The lowest BCUT2D eigenvalue weighted by Gasteiger charge is -2.03. The molecule has 0 radical (unpaired) electrons. The lowest BCUT2D eigenvalue weighted by molar-refractivity contribution is 0.479. The maximum absolute atomic E-state index is 5.30. The third kappa shape index (κ3) is 2.45. The van der Waals surface area contributed by atoms with E-state index in [9.17, 15) is 0 Å². The summed E-state index contributed by atoms with van der Waals surface area (Å²) in [5, 5.41) is 3.05. The average Bonchev–Trinajstić information content (AvgIpc) is 2.73. The molecule has 7 nitrogen and oxygen atoms in total. The SMILES string of the molecule is Cc1cnc(CNc2cc(NN)ncn2)o1. The number of nitrogens with zero attached hydrogens (tertiary/aromatic N) is 3. The van der Waals surface area contributed by atoms with Gasteiger partial charge in [-0.1, -0.05) is 0 Å². The monoisotopic (exact) mass is 220 g/mol. The van der Waals surface area contributed by atoms with Gasteiger partial charge in [-0.05, 0) is 6.92 Å². The minimum atomic E-state index is 0.467. The van der Waals surface area contributed by atoms with Crippen LogP contribution in [0.25, 0.3) is 0 Å². The summed E-state index contributed by atoms with van der Waals surface area (Å²) in [6, 6.07) is 1.69. The van der Waals surface area contributed by atoms with Gasteiger partial charge in [0.1, 0.15) is 23.7 Å². The van der Waals surface area contributed by atoms with E-state index in [0.29, 0.717) is 24.1 Å². The molecule has 0 saturated carbocycles. The van der Waals surface area contributed by atoms with E-state index in [1.54, 1.807) is 12.3 Å². The third-order valence-corrected chi connectivity index (χ3v) is 1.90. The van der Waals surface area contributed by atoms with Gasteiger partial charge in [-0.2, -0.15) is 0 Å². The minimum absolute atomic E-state index is 0.467. The highest BCUT2D eigenvalue weighted by Gasteiger charge is 2.01. The summed E-state index contributed by atoms with van der Waals surface area (Å²) < 4.78 is 5.30. The first-order valence-corrected chi connectivity index (χ1v) is 4.72. The van der Waals surface area contributed by atoms with E-state index >= 15 is 0 Å². The van der Waals surface area contributed by atoms with Gasteiger partial charge in [0, 0.05) is 6.07 Å². The number of hydrogen-bond donors (Lipinski definition) is 3. The van der Waals surface area contributed by atoms with Gasteiger partial charge in [0.25, 0.3) is 0 Å². The molecule has 0 aliphatic rings. The highest BCUT2D eigenvalue weighted by molar-refractivity contribution is 5.45. The van der Waals surface area contributed by atoms with Crippen LogP contribution in [-0.4, -0.2) is 15.0 Å². The Kier molecular flexibility index (Phi) is 2.97. The highest BCUT2D eigenvalue weighted by Crippen LogP contribution is 2.09. The van der Waals surface area contributed by atoms with Crippen molar-refractivity contribution in [2.75, 3.05) is 10.7 Å². The molecule has 0 saturated heterocycles. The molecule has 16 heavy (non-hydrogen) atoms. The molecule has 0 spiro atoms. The second-order valence-electron chi connectivity index (χ2n) is 3.15. The van der Waals surface area contributed by atoms with Gasteiger partial charge in [-0.3, -0.25) is 0 Å². The Morgan fingerprint density at radius 1 is 1.31 bits per heavy atom. The van der Waals surface area contributed by atoms with Crippen LogP contribution in [0.15, 0.2) is 23.0 Å². The molecule has 0 aliphatic carbocycles. The van der Waals surface area contributed by atoms with Crippen LogP contribution in [-0.2, 0) is 6.54 Å². The molecule has 0 amide bonds. The topological polar surface area (TPSA) is 102 Å². The van der Waals surface area contributed by atoms with E-state index in [-0.39, 0.29) is 0 Å². The molecule has 0 aromatic carbocycles. The fraction of sp³-hybridized carbons (Fsp3) is 0.222. The minimum Gasteiger partial charge on any atom is -0.444 e. The fourth-order valence-electron chi connectivity index (χ4n) is 1.18. The van der Waals surface area contributed by atoms with Crippen LogP contribution in [0, 0.1) is 6.92 Å². The van der Waals surface area contributed by atoms with E-state index in [1.165, 1.54) is 6.33 Å². The standard InChI is InChI=1S/C9H12N6O/c1-6-3-12-9(16-6)4-11-7-2-8(15-10)14-5-13-7/h2-3,5H,4,10H2,1H3,(H2,11,13,14,15). The number of nitrogens with one attached hydrogen (secondary N) is 2. The molecule has 7 heteroatoms. The predicted octanol–water partition coefficient (Wildman–Crippen LogP) is 0.671. The lowest BCUT2D eigenvalue weighted by atomic mass is 10.5. The summed E-state index contributed by atoms with van der Waals surface area (Å²) in [6.45, 7) is 2.31. The summed E-state index contributed by atoms with van der Waals surface area (Å²) in [5.74, 6) is 7.82. The van der Waals surface area contributed by atoms with Crippen molar-refractivity contribution in [3.05, 3.63) is 30.2 Å². The van der Waals surface area contributed by atoms with Crippen molar-refractivity contribution >= 4 is 11.6 Å². The van der Waals surface area contributed by atoms with E-state index < -0.39 is 0 Å². The van der Waals surface area contributed by atoms with Crippen molar-refractivity contribution in [3.63, 3.8) is 0 Å². The molecule has 2 heterocycles. The number of nitrogens with two attached hydrogens (primary N) is 1. The molecule has 0 aliphatic heterocycles. The van der Waals surface area contributed by atoms with Crippen LogP contribution in [0.5, 0.6) is 0 Å². The van der Waals surface area contributed by atoms with Crippen molar-refractivity contribution < 1.29 is 4.42 Å². The van der Waals surface area contributed by atoms with Gasteiger partial charge in [0.2, 0.25) is 5.89 Å². The molecule has 2 rings (SSSR count). The zero-order valence-corrected chi connectivity index (χ0v) is 8.77. The van der Waals surface area contributed by atoms with Crippen molar-refractivity contribution in [1.29, 1.82) is 0 Å². The summed E-state index contributed by atoms with van der Waals surface area (Å²) in [5.41, 5.74) is 2.44. The summed E-state index contributed by atoms with van der Waals surface area (Å²) in [4.78, 5) is 12.0. The number of oxazole rings is 1. The normalized spacial score (nSPS) is 10.1. The lowest BCUT2D eigenvalue weighted by Crippen LogP contribution is -2.10. The van der Waals surface area contributed by atoms with Crippen LogP contribution < -0.4 is 16.6 Å². The predicted molar refractivity (Wildman–Crippen MR) is 58.4 cm³/mol. The Hall–Kier alpha value is -2.15. The first kappa shape index (κ1) is 10.4. The number of hydrazine groups is 1. The first-order chi connectivity index (χ1) is 7.78.